The monoisotopic (exact) mass is 297 g/mol. The number of nitrogens with zero attached hydrogens (tertiary/aromatic N) is 1. The Morgan fingerprint density at radius 3 is 2.59 bits per heavy atom. The van der Waals surface area contributed by atoms with E-state index in [-0.39, 0.29) is 11.4 Å². The molecular formula is C18H23N3O. The number of carbonyl (C=O) groups excluding carboxylic acids is 1. The molecule has 1 aromatic heterocycles. The average molecular weight is 297 g/mol. The van der Waals surface area contributed by atoms with Crippen molar-refractivity contribution in [2.45, 2.75) is 39.8 Å². The van der Waals surface area contributed by atoms with Gasteiger partial charge in [0.1, 0.15) is 0 Å². The lowest BCUT2D eigenvalue weighted by molar-refractivity contribution is 0.0919. The minimum atomic E-state index is -0.262. The van der Waals surface area contributed by atoms with Crippen LogP contribution in [0.5, 0.6) is 0 Å². The van der Waals surface area contributed by atoms with E-state index in [4.69, 9.17) is 0 Å². The zero-order valence-corrected chi connectivity index (χ0v) is 13.6. The molecule has 0 radical (unpaired) electrons. The maximum atomic E-state index is 12.2. The van der Waals surface area contributed by atoms with Crippen LogP contribution >= 0.6 is 0 Å². The standard InChI is InChI=1S/C18H23N3O/c1-13-7-5-6-8-14(13)11-20-16-9-15(10-19-12-16)17(22)21-18(2,3)4/h5-10,12,20H,11H2,1-4H3,(H,21,22). The van der Waals surface area contributed by atoms with E-state index >= 15 is 0 Å². The first-order valence-electron chi connectivity index (χ1n) is 7.41. The van der Waals surface area contributed by atoms with Crippen molar-refractivity contribution < 1.29 is 4.79 Å². The Morgan fingerprint density at radius 2 is 1.91 bits per heavy atom. The Balaban J connectivity index is 2.06. The highest BCUT2D eigenvalue weighted by atomic mass is 16.1. The zero-order chi connectivity index (χ0) is 16.2. The summed E-state index contributed by atoms with van der Waals surface area (Å²) in [4.78, 5) is 16.3. The highest BCUT2D eigenvalue weighted by Crippen LogP contribution is 2.13. The third-order valence-corrected chi connectivity index (χ3v) is 3.23. The first-order chi connectivity index (χ1) is 10.3. The van der Waals surface area contributed by atoms with Crippen molar-refractivity contribution in [3.8, 4) is 0 Å². The van der Waals surface area contributed by atoms with Crippen molar-refractivity contribution in [1.29, 1.82) is 0 Å². The largest absolute Gasteiger partial charge is 0.380 e. The summed E-state index contributed by atoms with van der Waals surface area (Å²) in [6.07, 6.45) is 3.31. The van der Waals surface area contributed by atoms with Crippen molar-refractivity contribution in [1.82, 2.24) is 10.3 Å². The maximum absolute atomic E-state index is 12.2. The Labute approximate surface area is 132 Å². The lowest BCUT2D eigenvalue weighted by Gasteiger charge is -2.20. The summed E-state index contributed by atoms with van der Waals surface area (Å²) in [6, 6.07) is 10.0. The second kappa shape index (κ2) is 6.60. The zero-order valence-electron chi connectivity index (χ0n) is 13.6. The molecule has 0 spiro atoms. The van der Waals surface area contributed by atoms with Crippen LogP contribution in [0.2, 0.25) is 0 Å². The number of pyridine rings is 1. The lowest BCUT2D eigenvalue weighted by atomic mass is 10.1. The van der Waals surface area contributed by atoms with E-state index < -0.39 is 0 Å². The average Bonchev–Trinajstić information content (AvgIpc) is 2.45. The van der Waals surface area contributed by atoms with Gasteiger partial charge in [0.2, 0.25) is 0 Å². The number of carbonyl (C=O) groups is 1. The summed E-state index contributed by atoms with van der Waals surface area (Å²) >= 11 is 0. The van der Waals surface area contributed by atoms with Crippen LogP contribution in [0, 0.1) is 6.92 Å². The highest BCUT2D eigenvalue weighted by molar-refractivity contribution is 5.95. The number of aryl methyl sites for hydroxylation is 1. The van der Waals surface area contributed by atoms with Gasteiger partial charge in [-0.1, -0.05) is 24.3 Å². The van der Waals surface area contributed by atoms with Crippen molar-refractivity contribution in [3.63, 3.8) is 0 Å². The summed E-state index contributed by atoms with van der Waals surface area (Å²) < 4.78 is 0. The number of benzene rings is 1. The van der Waals surface area contributed by atoms with Gasteiger partial charge in [-0.2, -0.15) is 0 Å². The Morgan fingerprint density at radius 1 is 1.18 bits per heavy atom. The number of aromatic nitrogens is 1. The third kappa shape index (κ3) is 4.58. The van der Waals surface area contributed by atoms with Crippen LogP contribution in [-0.4, -0.2) is 16.4 Å². The third-order valence-electron chi connectivity index (χ3n) is 3.23. The number of nitrogens with one attached hydrogen (secondary N) is 2. The SMILES string of the molecule is Cc1ccccc1CNc1cncc(C(=O)NC(C)(C)C)c1. The van der Waals surface area contributed by atoms with Crippen LogP contribution in [0.25, 0.3) is 0 Å². The molecular weight excluding hydrogens is 274 g/mol. The van der Waals surface area contributed by atoms with Gasteiger partial charge >= 0.3 is 0 Å². The fourth-order valence-corrected chi connectivity index (χ4v) is 2.08. The molecule has 4 nitrogen and oxygen atoms in total. The van der Waals surface area contributed by atoms with E-state index in [1.54, 1.807) is 12.4 Å². The topological polar surface area (TPSA) is 54.0 Å². The van der Waals surface area contributed by atoms with Crippen LogP contribution in [0.1, 0.15) is 42.3 Å². The van der Waals surface area contributed by atoms with E-state index in [1.165, 1.54) is 11.1 Å². The van der Waals surface area contributed by atoms with Gasteiger partial charge in [-0.05, 0) is 44.9 Å². The molecule has 0 atom stereocenters. The molecule has 2 rings (SSSR count). The Hall–Kier alpha value is -2.36. The van der Waals surface area contributed by atoms with Gasteiger partial charge in [-0.3, -0.25) is 9.78 Å². The van der Waals surface area contributed by atoms with Crippen LogP contribution in [0.4, 0.5) is 5.69 Å². The van der Waals surface area contributed by atoms with E-state index in [0.29, 0.717) is 12.1 Å². The van der Waals surface area contributed by atoms with Crippen LogP contribution in [-0.2, 0) is 6.54 Å². The highest BCUT2D eigenvalue weighted by Gasteiger charge is 2.15. The summed E-state index contributed by atoms with van der Waals surface area (Å²) in [7, 11) is 0. The quantitative estimate of drug-likeness (QED) is 0.907. The molecule has 1 amide bonds. The Bertz CT molecular complexity index is 659. The van der Waals surface area contributed by atoms with E-state index in [1.807, 2.05) is 39.0 Å². The van der Waals surface area contributed by atoms with E-state index in [0.717, 1.165) is 5.69 Å². The molecule has 4 heteroatoms. The van der Waals surface area contributed by atoms with Gasteiger partial charge in [-0.25, -0.2) is 0 Å². The minimum Gasteiger partial charge on any atom is -0.380 e. The van der Waals surface area contributed by atoms with Crippen molar-refractivity contribution in [2.75, 3.05) is 5.32 Å². The number of rotatable bonds is 4. The second-order valence-electron chi connectivity index (χ2n) is 6.45. The first-order valence-corrected chi connectivity index (χ1v) is 7.41. The fraction of sp³-hybridized carbons (Fsp3) is 0.333. The molecule has 22 heavy (non-hydrogen) atoms. The smallest absolute Gasteiger partial charge is 0.253 e. The summed E-state index contributed by atoms with van der Waals surface area (Å²) in [5.74, 6) is -0.112. The molecule has 1 aromatic carbocycles. The molecule has 0 aliphatic heterocycles. The molecule has 2 aromatic rings. The Kier molecular flexibility index (Phi) is 4.81. The van der Waals surface area contributed by atoms with Crippen LogP contribution in [0.15, 0.2) is 42.7 Å². The number of amides is 1. The molecule has 1 heterocycles. The maximum Gasteiger partial charge on any atom is 0.253 e. The predicted octanol–water partition coefficient (Wildman–Crippen LogP) is 3.53. The molecule has 0 unspecified atom stereocenters. The van der Waals surface area contributed by atoms with Gasteiger partial charge in [-0.15, -0.1) is 0 Å². The molecule has 0 bridgehead atoms. The van der Waals surface area contributed by atoms with Crippen molar-refractivity contribution >= 4 is 11.6 Å². The predicted molar refractivity (Wildman–Crippen MR) is 90.0 cm³/mol. The van der Waals surface area contributed by atoms with Gasteiger partial charge in [0, 0.05) is 24.5 Å². The minimum absolute atomic E-state index is 0.112. The summed E-state index contributed by atoms with van der Waals surface area (Å²) in [5, 5.41) is 6.26. The number of hydrogen-bond donors (Lipinski definition) is 2. The molecule has 2 N–H and O–H groups in total. The van der Waals surface area contributed by atoms with Crippen molar-refractivity contribution in [3.05, 3.63) is 59.4 Å². The van der Waals surface area contributed by atoms with Gasteiger partial charge < -0.3 is 10.6 Å². The van der Waals surface area contributed by atoms with Crippen LogP contribution < -0.4 is 10.6 Å². The first kappa shape index (κ1) is 16.0. The van der Waals surface area contributed by atoms with E-state index in [2.05, 4.69) is 34.7 Å². The fourth-order valence-electron chi connectivity index (χ4n) is 2.08. The molecule has 0 aliphatic rings. The second-order valence-corrected chi connectivity index (χ2v) is 6.45. The van der Waals surface area contributed by atoms with Crippen LogP contribution in [0.3, 0.4) is 0 Å². The van der Waals surface area contributed by atoms with Gasteiger partial charge in [0.25, 0.3) is 5.91 Å². The number of hydrogen-bond acceptors (Lipinski definition) is 3. The van der Waals surface area contributed by atoms with Gasteiger partial charge in [0.15, 0.2) is 0 Å². The molecule has 0 saturated carbocycles. The van der Waals surface area contributed by atoms with E-state index in [9.17, 15) is 4.79 Å². The van der Waals surface area contributed by atoms with Gasteiger partial charge in [0.05, 0.1) is 11.3 Å². The molecule has 0 saturated heterocycles. The molecule has 116 valence electrons. The number of anilines is 1. The lowest BCUT2D eigenvalue weighted by Crippen LogP contribution is -2.40. The summed E-state index contributed by atoms with van der Waals surface area (Å²) in [5.41, 5.74) is 3.60. The molecule has 0 aliphatic carbocycles. The summed E-state index contributed by atoms with van der Waals surface area (Å²) in [6.45, 7) is 8.66. The van der Waals surface area contributed by atoms with Crippen molar-refractivity contribution in [2.24, 2.45) is 0 Å². The molecule has 0 fully saturated rings. The normalized spacial score (nSPS) is 11.1.